The van der Waals surface area contributed by atoms with Crippen LogP contribution in [0.25, 0.3) is 0 Å². The van der Waals surface area contributed by atoms with Crippen LogP contribution in [-0.4, -0.2) is 12.8 Å². The highest BCUT2D eigenvalue weighted by atomic mass is 16.1. The van der Waals surface area contributed by atoms with Crippen molar-refractivity contribution in [2.45, 2.75) is 53.5 Å². The second kappa shape index (κ2) is 13.9. The van der Waals surface area contributed by atoms with Crippen molar-refractivity contribution < 1.29 is 4.79 Å². The summed E-state index contributed by atoms with van der Waals surface area (Å²) < 4.78 is 0. The highest BCUT2D eigenvalue weighted by Gasteiger charge is 2.11. The predicted octanol–water partition coefficient (Wildman–Crippen LogP) is 4.37. The van der Waals surface area contributed by atoms with E-state index in [4.69, 9.17) is 0 Å². The SMILES string of the molecule is CC.CC.CCC(=O)CC(NC)c1ccccc1. The number of hydrogen-bond donors (Lipinski definition) is 1. The lowest BCUT2D eigenvalue weighted by atomic mass is 10.0. The maximum absolute atomic E-state index is 11.3. The summed E-state index contributed by atoms with van der Waals surface area (Å²) in [6, 6.07) is 10.2. The van der Waals surface area contributed by atoms with Gasteiger partial charge in [-0.15, -0.1) is 0 Å². The minimum absolute atomic E-state index is 0.156. The Morgan fingerprint density at radius 3 is 2.00 bits per heavy atom. The third-order valence-corrected chi connectivity index (χ3v) is 2.38. The van der Waals surface area contributed by atoms with E-state index >= 15 is 0 Å². The van der Waals surface area contributed by atoms with Gasteiger partial charge in [-0.05, 0) is 12.6 Å². The lowest BCUT2D eigenvalue weighted by Gasteiger charge is -2.15. The third kappa shape index (κ3) is 8.02. The molecule has 0 aromatic heterocycles. The molecule has 18 heavy (non-hydrogen) atoms. The molecule has 1 unspecified atom stereocenters. The van der Waals surface area contributed by atoms with Crippen LogP contribution in [-0.2, 0) is 4.79 Å². The van der Waals surface area contributed by atoms with Gasteiger partial charge in [0.15, 0.2) is 0 Å². The first-order chi connectivity index (χ1) is 8.77. The standard InChI is InChI=1S/C12H17NO.2C2H6/c1-3-11(14)9-12(13-2)10-7-5-4-6-8-10;2*1-2/h4-8,12-13H,3,9H2,1-2H3;2*1-2H3. The summed E-state index contributed by atoms with van der Waals surface area (Å²) in [5, 5.41) is 3.16. The second-order valence-electron chi connectivity index (χ2n) is 3.35. The van der Waals surface area contributed by atoms with E-state index < -0.39 is 0 Å². The van der Waals surface area contributed by atoms with E-state index in [-0.39, 0.29) is 6.04 Å². The monoisotopic (exact) mass is 251 g/mol. The van der Waals surface area contributed by atoms with Gasteiger partial charge in [0.05, 0.1) is 0 Å². The molecule has 0 fully saturated rings. The summed E-state index contributed by atoms with van der Waals surface area (Å²) in [6.45, 7) is 9.90. The predicted molar refractivity (Wildman–Crippen MR) is 80.9 cm³/mol. The van der Waals surface area contributed by atoms with Crippen LogP contribution in [0.4, 0.5) is 0 Å². The Balaban J connectivity index is 0. The largest absolute Gasteiger partial charge is 0.313 e. The molecule has 0 bridgehead atoms. The van der Waals surface area contributed by atoms with Crippen molar-refractivity contribution in [3.8, 4) is 0 Å². The van der Waals surface area contributed by atoms with E-state index in [2.05, 4.69) is 5.32 Å². The van der Waals surface area contributed by atoms with Crippen LogP contribution >= 0.6 is 0 Å². The van der Waals surface area contributed by atoms with Gasteiger partial charge in [0.1, 0.15) is 5.78 Å². The maximum Gasteiger partial charge on any atom is 0.134 e. The lowest BCUT2D eigenvalue weighted by Crippen LogP contribution is -2.19. The molecule has 1 atom stereocenters. The van der Waals surface area contributed by atoms with Crippen LogP contribution in [0.3, 0.4) is 0 Å². The summed E-state index contributed by atoms with van der Waals surface area (Å²) in [4.78, 5) is 11.3. The van der Waals surface area contributed by atoms with E-state index in [0.29, 0.717) is 18.6 Å². The molecule has 1 rings (SSSR count). The first-order valence-electron chi connectivity index (χ1n) is 7.01. The van der Waals surface area contributed by atoms with Gasteiger partial charge in [0, 0.05) is 18.9 Å². The van der Waals surface area contributed by atoms with Gasteiger partial charge in [0.2, 0.25) is 0 Å². The smallest absolute Gasteiger partial charge is 0.134 e. The van der Waals surface area contributed by atoms with Crippen molar-refractivity contribution in [3.63, 3.8) is 0 Å². The normalized spacial score (nSPS) is 10.3. The maximum atomic E-state index is 11.3. The van der Waals surface area contributed by atoms with E-state index in [0.717, 1.165) is 0 Å². The van der Waals surface area contributed by atoms with Gasteiger partial charge in [0.25, 0.3) is 0 Å². The van der Waals surface area contributed by atoms with Crippen LogP contribution < -0.4 is 5.32 Å². The number of carbonyl (C=O) groups is 1. The van der Waals surface area contributed by atoms with Crippen molar-refractivity contribution in [2.75, 3.05) is 7.05 Å². The van der Waals surface area contributed by atoms with Crippen LogP contribution in [0.1, 0.15) is 59.1 Å². The van der Waals surface area contributed by atoms with Gasteiger partial charge in [-0.3, -0.25) is 4.79 Å². The first-order valence-corrected chi connectivity index (χ1v) is 7.01. The van der Waals surface area contributed by atoms with Crippen LogP contribution in [0, 0.1) is 0 Å². The van der Waals surface area contributed by atoms with Crippen LogP contribution in [0.5, 0.6) is 0 Å². The number of Topliss-reactive ketones (excluding diaryl/α,β-unsaturated/α-hetero) is 1. The Morgan fingerprint density at radius 1 is 1.11 bits per heavy atom. The van der Waals surface area contributed by atoms with Gasteiger partial charge in [-0.1, -0.05) is 65.0 Å². The first kappa shape index (κ1) is 19.2. The molecule has 0 aliphatic heterocycles. The Kier molecular flexibility index (Phi) is 14.8. The van der Waals surface area contributed by atoms with Crippen molar-refractivity contribution in [3.05, 3.63) is 35.9 Å². The zero-order chi connectivity index (χ0) is 14.4. The van der Waals surface area contributed by atoms with Crippen molar-refractivity contribution in [1.29, 1.82) is 0 Å². The Hall–Kier alpha value is -1.15. The summed E-state index contributed by atoms with van der Waals surface area (Å²) in [5.74, 6) is 0.299. The molecule has 0 amide bonds. The fourth-order valence-electron chi connectivity index (χ4n) is 1.44. The molecule has 104 valence electrons. The zero-order valence-corrected chi connectivity index (χ0v) is 12.8. The average Bonchev–Trinajstić information content (AvgIpc) is 2.49. The number of ketones is 1. The molecule has 0 saturated heterocycles. The fourth-order valence-corrected chi connectivity index (χ4v) is 1.44. The lowest BCUT2D eigenvalue weighted by molar-refractivity contribution is -0.119. The summed E-state index contributed by atoms with van der Waals surface area (Å²) in [5.41, 5.74) is 1.18. The van der Waals surface area contributed by atoms with Crippen LogP contribution in [0.2, 0.25) is 0 Å². The minimum atomic E-state index is 0.156. The minimum Gasteiger partial charge on any atom is -0.313 e. The molecule has 0 heterocycles. The van der Waals surface area contributed by atoms with Gasteiger partial charge in [-0.25, -0.2) is 0 Å². The van der Waals surface area contributed by atoms with Crippen LogP contribution in [0.15, 0.2) is 30.3 Å². The molecule has 2 heteroatoms. The molecular weight excluding hydrogens is 222 g/mol. The van der Waals surface area contributed by atoms with Crippen molar-refractivity contribution in [1.82, 2.24) is 5.32 Å². The number of nitrogens with one attached hydrogen (secondary N) is 1. The number of hydrogen-bond acceptors (Lipinski definition) is 2. The molecule has 0 saturated carbocycles. The highest BCUT2D eigenvalue weighted by Crippen LogP contribution is 2.16. The van der Waals surface area contributed by atoms with Crippen molar-refractivity contribution in [2.24, 2.45) is 0 Å². The Bertz CT molecular complexity index is 282. The molecule has 1 aromatic carbocycles. The molecule has 1 aromatic rings. The van der Waals surface area contributed by atoms with Gasteiger partial charge in [-0.2, -0.15) is 0 Å². The van der Waals surface area contributed by atoms with E-state index in [9.17, 15) is 4.79 Å². The van der Waals surface area contributed by atoms with Gasteiger partial charge < -0.3 is 5.32 Å². The molecule has 0 spiro atoms. The Labute approximate surface area is 113 Å². The Morgan fingerprint density at radius 2 is 1.61 bits per heavy atom. The molecule has 2 nitrogen and oxygen atoms in total. The fraction of sp³-hybridized carbons (Fsp3) is 0.562. The summed E-state index contributed by atoms with van der Waals surface area (Å²) >= 11 is 0. The number of benzene rings is 1. The van der Waals surface area contributed by atoms with E-state index in [1.165, 1.54) is 5.56 Å². The quantitative estimate of drug-likeness (QED) is 0.842. The number of carbonyl (C=O) groups excluding carboxylic acids is 1. The molecule has 0 aliphatic carbocycles. The summed E-state index contributed by atoms with van der Waals surface area (Å²) in [6.07, 6.45) is 1.20. The second-order valence-corrected chi connectivity index (χ2v) is 3.35. The summed E-state index contributed by atoms with van der Waals surface area (Å²) in [7, 11) is 1.89. The van der Waals surface area contributed by atoms with E-state index in [1.54, 1.807) is 0 Å². The molecule has 1 N–H and O–H groups in total. The number of rotatable bonds is 5. The molecule has 0 aliphatic rings. The zero-order valence-electron chi connectivity index (χ0n) is 12.8. The topological polar surface area (TPSA) is 29.1 Å². The molecular formula is C16H29NO. The van der Waals surface area contributed by atoms with Crippen molar-refractivity contribution >= 4 is 5.78 Å². The third-order valence-electron chi connectivity index (χ3n) is 2.38. The van der Waals surface area contributed by atoms with E-state index in [1.807, 2.05) is 72.0 Å². The average molecular weight is 251 g/mol. The highest BCUT2D eigenvalue weighted by molar-refractivity contribution is 5.78. The molecule has 0 radical (unpaired) electrons. The van der Waals surface area contributed by atoms with Gasteiger partial charge >= 0.3 is 0 Å².